The molecule has 0 heterocycles. The SMILES string of the molecule is C=C(C)OC1CCC2(C)C(CCC3(C)C2CCC2C4=CCCC4(COC(C)=O)CC[C@]23C)C1C. The van der Waals surface area contributed by atoms with Crippen LogP contribution in [-0.4, -0.2) is 18.7 Å². The third-order valence-corrected chi connectivity index (χ3v) is 12.4. The van der Waals surface area contributed by atoms with Crippen molar-refractivity contribution >= 4 is 5.97 Å². The molecule has 5 aliphatic rings. The van der Waals surface area contributed by atoms with Gasteiger partial charge in [-0.05, 0) is 111 Å². The van der Waals surface area contributed by atoms with Gasteiger partial charge in [-0.2, -0.15) is 0 Å². The van der Waals surface area contributed by atoms with E-state index in [0.717, 1.165) is 24.0 Å². The summed E-state index contributed by atoms with van der Waals surface area (Å²) in [7, 11) is 0. The standard InChI is InChI=1S/C31H48O3/c1-20(2)34-26-13-15-28(5)23(21(26)3)12-16-30(7)27(28)11-10-24-25-9-8-14-31(25,19-33-22(4)32)18-17-29(24,30)6/h9,21,23-24,26-27H,1,8,10-19H2,2-7H3/t21?,23?,24?,26?,27?,28?,29-,30?,31?/m1/s1. The average Bonchev–Trinajstić information content (AvgIpc) is 3.19. The smallest absolute Gasteiger partial charge is 0.302 e. The van der Waals surface area contributed by atoms with Crippen LogP contribution in [0, 0.1) is 45.3 Å². The molecule has 4 fully saturated rings. The van der Waals surface area contributed by atoms with E-state index in [4.69, 9.17) is 9.47 Å². The molecule has 0 bridgehead atoms. The highest BCUT2D eigenvalue weighted by molar-refractivity contribution is 5.66. The molecule has 4 saturated carbocycles. The van der Waals surface area contributed by atoms with Gasteiger partial charge in [0.25, 0.3) is 0 Å². The second-order valence-corrected chi connectivity index (χ2v) is 13.7. The molecule has 0 amide bonds. The lowest BCUT2D eigenvalue weighted by molar-refractivity contribution is -0.213. The Labute approximate surface area is 208 Å². The molecule has 0 spiro atoms. The van der Waals surface area contributed by atoms with E-state index >= 15 is 0 Å². The summed E-state index contributed by atoms with van der Waals surface area (Å²) in [5.41, 5.74) is 2.91. The maximum Gasteiger partial charge on any atom is 0.302 e. The van der Waals surface area contributed by atoms with Gasteiger partial charge < -0.3 is 9.47 Å². The maximum atomic E-state index is 11.7. The molecule has 0 radical (unpaired) electrons. The number of hydrogen-bond donors (Lipinski definition) is 0. The van der Waals surface area contributed by atoms with Crippen molar-refractivity contribution in [3.8, 4) is 0 Å². The van der Waals surface area contributed by atoms with Crippen molar-refractivity contribution in [3.63, 3.8) is 0 Å². The molecule has 3 nitrogen and oxygen atoms in total. The molecular weight excluding hydrogens is 420 g/mol. The van der Waals surface area contributed by atoms with E-state index in [1.54, 1.807) is 12.5 Å². The van der Waals surface area contributed by atoms with E-state index < -0.39 is 0 Å². The minimum atomic E-state index is -0.128. The number of esters is 1. The summed E-state index contributed by atoms with van der Waals surface area (Å²) in [5.74, 6) is 3.54. The van der Waals surface area contributed by atoms with Gasteiger partial charge in [-0.25, -0.2) is 0 Å². The van der Waals surface area contributed by atoms with Crippen LogP contribution in [0.15, 0.2) is 24.0 Å². The zero-order valence-corrected chi connectivity index (χ0v) is 22.7. The quantitative estimate of drug-likeness (QED) is 0.239. The van der Waals surface area contributed by atoms with Gasteiger partial charge in [0.15, 0.2) is 0 Å². The summed E-state index contributed by atoms with van der Waals surface area (Å²) in [6.45, 7) is 18.6. The lowest BCUT2D eigenvalue weighted by Crippen LogP contribution is -2.64. The van der Waals surface area contributed by atoms with Crippen LogP contribution in [0.2, 0.25) is 0 Å². The monoisotopic (exact) mass is 468 g/mol. The lowest BCUT2D eigenvalue weighted by atomic mass is 9.34. The Morgan fingerprint density at radius 2 is 1.76 bits per heavy atom. The van der Waals surface area contributed by atoms with E-state index in [9.17, 15) is 4.79 Å². The Balaban J connectivity index is 1.43. The van der Waals surface area contributed by atoms with Crippen LogP contribution in [0.25, 0.3) is 0 Å². The minimum absolute atomic E-state index is 0.118. The summed E-state index contributed by atoms with van der Waals surface area (Å²) in [4.78, 5) is 11.7. The van der Waals surface area contributed by atoms with Crippen molar-refractivity contribution in [2.24, 2.45) is 45.3 Å². The number of rotatable bonds is 4. The normalized spacial score (nSPS) is 49.6. The van der Waals surface area contributed by atoms with E-state index in [-0.39, 0.29) is 11.4 Å². The molecule has 9 atom stereocenters. The first-order chi connectivity index (χ1) is 16.0. The summed E-state index contributed by atoms with van der Waals surface area (Å²) in [5, 5.41) is 0. The van der Waals surface area contributed by atoms with Gasteiger partial charge in [0.05, 0.1) is 5.76 Å². The van der Waals surface area contributed by atoms with Gasteiger partial charge in [0.1, 0.15) is 12.7 Å². The molecular formula is C31H48O3. The van der Waals surface area contributed by atoms with Gasteiger partial charge in [-0.15, -0.1) is 0 Å². The Kier molecular flexibility index (Phi) is 5.85. The minimum Gasteiger partial charge on any atom is -0.495 e. The topological polar surface area (TPSA) is 35.5 Å². The number of carbonyl (C=O) groups excluding carboxylic acids is 1. The highest BCUT2D eigenvalue weighted by Crippen LogP contribution is 2.75. The highest BCUT2D eigenvalue weighted by Gasteiger charge is 2.68. The lowest BCUT2D eigenvalue weighted by Gasteiger charge is -2.71. The summed E-state index contributed by atoms with van der Waals surface area (Å²) in [6, 6.07) is 0. The van der Waals surface area contributed by atoms with E-state index in [1.807, 2.05) is 6.92 Å². The first-order valence-electron chi connectivity index (χ1n) is 14.1. The Morgan fingerprint density at radius 3 is 2.47 bits per heavy atom. The van der Waals surface area contributed by atoms with Crippen molar-refractivity contribution in [1.29, 1.82) is 0 Å². The second-order valence-electron chi connectivity index (χ2n) is 13.7. The maximum absolute atomic E-state index is 11.7. The van der Waals surface area contributed by atoms with Crippen molar-refractivity contribution < 1.29 is 14.3 Å². The molecule has 3 heteroatoms. The third kappa shape index (κ3) is 3.30. The zero-order valence-electron chi connectivity index (χ0n) is 22.7. The van der Waals surface area contributed by atoms with Crippen molar-refractivity contribution in [3.05, 3.63) is 24.0 Å². The average molecular weight is 469 g/mol. The van der Waals surface area contributed by atoms with Crippen LogP contribution in [0.3, 0.4) is 0 Å². The number of allylic oxidation sites excluding steroid dienone is 2. The number of carbonyl (C=O) groups is 1. The van der Waals surface area contributed by atoms with Crippen LogP contribution in [-0.2, 0) is 14.3 Å². The molecule has 0 aromatic carbocycles. The Bertz CT molecular complexity index is 889. The molecule has 0 aromatic rings. The van der Waals surface area contributed by atoms with Gasteiger partial charge in [-0.3, -0.25) is 4.79 Å². The third-order valence-electron chi connectivity index (χ3n) is 12.4. The molecule has 0 aliphatic heterocycles. The van der Waals surface area contributed by atoms with E-state index in [1.165, 1.54) is 57.8 Å². The highest BCUT2D eigenvalue weighted by atomic mass is 16.5. The molecule has 0 N–H and O–H groups in total. The number of ether oxygens (including phenoxy) is 2. The summed E-state index contributed by atoms with van der Waals surface area (Å²) in [6.07, 6.45) is 15.5. The molecule has 0 saturated heterocycles. The van der Waals surface area contributed by atoms with Crippen molar-refractivity contribution in [2.75, 3.05) is 6.61 Å². The van der Waals surface area contributed by atoms with Gasteiger partial charge in [-0.1, -0.05) is 45.9 Å². The van der Waals surface area contributed by atoms with Gasteiger partial charge in [0.2, 0.25) is 0 Å². The fraction of sp³-hybridized carbons (Fsp3) is 0.839. The summed E-state index contributed by atoms with van der Waals surface area (Å²) >= 11 is 0. The predicted octanol–water partition coefficient (Wildman–Crippen LogP) is 7.85. The first kappa shape index (κ1) is 24.4. The predicted molar refractivity (Wildman–Crippen MR) is 137 cm³/mol. The largest absolute Gasteiger partial charge is 0.495 e. The van der Waals surface area contributed by atoms with Gasteiger partial charge >= 0.3 is 5.97 Å². The molecule has 190 valence electrons. The molecule has 34 heavy (non-hydrogen) atoms. The molecule has 5 aliphatic carbocycles. The van der Waals surface area contributed by atoms with E-state index in [2.05, 4.69) is 40.3 Å². The number of hydrogen-bond acceptors (Lipinski definition) is 3. The van der Waals surface area contributed by atoms with Crippen molar-refractivity contribution in [1.82, 2.24) is 0 Å². The van der Waals surface area contributed by atoms with Crippen LogP contribution < -0.4 is 0 Å². The van der Waals surface area contributed by atoms with Crippen LogP contribution in [0.4, 0.5) is 0 Å². The van der Waals surface area contributed by atoms with Crippen LogP contribution in [0.5, 0.6) is 0 Å². The molecule has 5 rings (SSSR count). The Morgan fingerprint density at radius 1 is 1.00 bits per heavy atom. The molecule has 0 aromatic heterocycles. The van der Waals surface area contributed by atoms with Crippen LogP contribution in [0.1, 0.15) is 106 Å². The van der Waals surface area contributed by atoms with E-state index in [0.29, 0.717) is 40.8 Å². The molecule has 8 unspecified atom stereocenters. The fourth-order valence-corrected chi connectivity index (χ4v) is 10.5. The first-order valence-corrected chi connectivity index (χ1v) is 14.1. The Hall–Kier alpha value is -1.25. The summed E-state index contributed by atoms with van der Waals surface area (Å²) < 4.78 is 11.9. The zero-order chi connectivity index (χ0) is 24.5. The number of fused-ring (bicyclic) bond motifs is 7. The second kappa shape index (κ2) is 8.13. The van der Waals surface area contributed by atoms with Crippen molar-refractivity contribution in [2.45, 2.75) is 112 Å². The fourth-order valence-electron chi connectivity index (χ4n) is 10.5. The van der Waals surface area contributed by atoms with Crippen LogP contribution >= 0.6 is 0 Å². The van der Waals surface area contributed by atoms with Gasteiger partial charge in [0, 0.05) is 12.3 Å².